The highest BCUT2D eigenvalue weighted by molar-refractivity contribution is 5.92. The monoisotopic (exact) mass is 277 g/mol. The lowest BCUT2D eigenvalue weighted by molar-refractivity contribution is -0.139. The molecule has 1 aliphatic rings. The molecule has 108 valence electrons. The predicted octanol–water partition coefficient (Wildman–Crippen LogP) is 1.26. The Morgan fingerprint density at radius 2 is 2.25 bits per heavy atom. The highest BCUT2D eigenvalue weighted by Gasteiger charge is 2.33. The van der Waals surface area contributed by atoms with E-state index in [1.165, 1.54) is 6.20 Å². The van der Waals surface area contributed by atoms with Gasteiger partial charge in [0.05, 0.1) is 5.56 Å². The van der Waals surface area contributed by atoms with E-state index in [2.05, 4.69) is 11.9 Å². The van der Waals surface area contributed by atoms with E-state index in [0.717, 1.165) is 12.8 Å². The SMILES string of the molecule is CCC1CCN(c2ccc(C(N)=O)cn2)C(C(=O)O)C1. The van der Waals surface area contributed by atoms with Gasteiger partial charge in [0.15, 0.2) is 0 Å². The number of hydrogen-bond acceptors (Lipinski definition) is 4. The van der Waals surface area contributed by atoms with Crippen LogP contribution in [0.15, 0.2) is 18.3 Å². The van der Waals surface area contributed by atoms with Crippen LogP contribution in [0, 0.1) is 5.92 Å². The smallest absolute Gasteiger partial charge is 0.326 e. The van der Waals surface area contributed by atoms with Crippen molar-refractivity contribution in [2.75, 3.05) is 11.4 Å². The molecule has 1 aromatic rings. The number of hydrogen-bond donors (Lipinski definition) is 2. The Morgan fingerprint density at radius 3 is 2.75 bits per heavy atom. The minimum Gasteiger partial charge on any atom is -0.480 e. The third-order valence-corrected chi connectivity index (χ3v) is 3.90. The van der Waals surface area contributed by atoms with Crippen LogP contribution in [0.2, 0.25) is 0 Å². The molecule has 1 aromatic heterocycles. The van der Waals surface area contributed by atoms with Crippen LogP contribution in [0.5, 0.6) is 0 Å². The number of pyridine rings is 1. The molecule has 3 N–H and O–H groups in total. The van der Waals surface area contributed by atoms with Crippen molar-refractivity contribution in [1.29, 1.82) is 0 Å². The molecular formula is C14H19N3O3. The number of aliphatic carboxylic acids is 1. The van der Waals surface area contributed by atoms with Crippen LogP contribution in [-0.2, 0) is 4.79 Å². The van der Waals surface area contributed by atoms with Crippen molar-refractivity contribution in [2.24, 2.45) is 11.7 Å². The Labute approximate surface area is 117 Å². The minimum atomic E-state index is -0.830. The summed E-state index contributed by atoms with van der Waals surface area (Å²) < 4.78 is 0. The second-order valence-corrected chi connectivity index (χ2v) is 5.12. The molecule has 0 aromatic carbocycles. The van der Waals surface area contributed by atoms with Crippen molar-refractivity contribution in [3.8, 4) is 0 Å². The molecule has 1 aliphatic heterocycles. The lowest BCUT2D eigenvalue weighted by Gasteiger charge is -2.37. The number of anilines is 1. The molecule has 6 heteroatoms. The Morgan fingerprint density at radius 1 is 1.50 bits per heavy atom. The van der Waals surface area contributed by atoms with Gasteiger partial charge < -0.3 is 15.7 Å². The quantitative estimate of drug-likeness (QED) is 0.863. The lowest BCUT2D eigenvalue weighted by Crippen LogP contribution is -2.47. The molecule has 0 aliphatic carbocycles. The van der Waals surface area contributed by atoms with Gasteiger partial charge in [0.2, 0.25) is 5.91 Å². The highest BCUT2D eigenvalue weighted by Crippen LogP contribution is 2.28. The number of primary amides is 1. The van der Waals surface area contributed by atoms with E-state index in [0.29, 0.717) is 30.3 Å². The van der Waals surface area contributed by atoms with Gasteiger partial charge in [-0.25, -0.2) is 9.78 Å². The van der Waals surface area contributed by atoms with E-state index in [4.69, 9.17) is 5.73 Å². The van der Waals surface area contributed by atoms with Gasteiger partial charge in [-0.3, -0.25) is 4.79 Å². The first-order chi connectivity index (χ1) is 9.52. The van der Waals surface area contributed by atoms with Crippen molar-refractivity contribution in [3.05, 3.63) is 23.9 Å². The Balaban J connectivity index is 2.21. The number of amides is 1. The van der Waals surface area contributed by atoms with Gasteiger partial charge in [-0.05, 0) is 30.9 Å². The zero-order valence-corrected chi connectivity index (χ0v) is 11.5. The summed E-state index contributed by atoms with van der Waals surface area (Å²) in [6.45, 7) is 2.75. The zero-order valence-electron chi connectivity index (χ0n) is 11.5. The molecule has 0 bridgehead atoms. The minimum absolute atomic E-state index is 0.323. The molecule has 20 heavy (non-hydrogen) atoms. The first kappa shape index (κ1) is 14.3. The number of carbonyl (C=O) groups excluding carboxylic acids is 1. The average Bonchev–Trinajstić information content (AvgIpc) is 2.46. The van der Waals surface area contributed by atoms with E-state index in [-0.39, 0.29) is 0 Å². The van der Waals surface area contributed by atoms with Gasteiger partial charge in [-0.15, -0.1) is 0 Å². The van der Waals surface area contributed by atoms with Gasteiger partial charge in [0, 0.05) is 12.7 Å². The number of piperidine rings is 1. The number of carboxylic acid groups (broad SMARTS) is 1. The topological polar surface area (TPSA) is 96.5 Å². The summed E-state index contributed by atoms with van der Waals surface area (Å²) in [5.41, 5.74) is 5.49. The van der Waals surface area contributed by atoms with Crippen molar-refractivity contribution in [3.63, 3.8) is 0 Å². The summed E-state index contributed by atoms with van der Waals surface area (Å²) in [7, 11) is 0. The molecule has 1 saturated heterocycles. The number of carbonyl (C=O) groups is 2. The number of nitrogens with zero attached hydrogens (tertiary/aromatic N) is 2. The van der Waals surface area contributed by atoms with E-state index in [1.54, 1.807) is 17.0 Å². The normalized spacial score (nSPS) is 22.6. The highest BCUT2D eigenvalue weighted by atomic mass is 16.4. The third-order valence-electron chi connectivity index (χ3n) is 3.90. The molecule has 0 saturated carbocycles. The van der Waals surface area contributed by atoms with E-state index < -0.39 is 17.9 Å². The first-order valence-corrected chi connectivity index (χ1v) is 6.78. The van der Waals surface area contributed by atoms with Crippen molar-refractivity contribution >= 4 is 17.7 Å². The summed E-state index contributed by atoms with van der Waals surface area (Å²) in [6.07, 6.45) is 3.97. The van der Waals surface area contributed by atoms with Crippen LogP contribution in [0.3, 0.4) is 0 Å². The van der Waals surface area contributed by atoms with E-state index >= 15 is 0 Å². The van der Waals surface area contributed by atoms with Crippen LogP contribution in [0.1, 0.15) is 36.5 Å². The number of nitrogens with two attached hydrogens (primary N) is 1. The van der Waals surface area contributed by atoms with Gasteiger partial charge in [0.1, 0.15) is 11.9 Å². The fourth-order valence-electron chi connectivity index (χ4n) is 2.62. The van der Waals surface area contributed by atoms with Crippen LogP contribution < -0.4 is 10.6 Å². The second-order valence-electron chi connectivity index (χ2n) is 5.12. The van der Waals surface area contributed by atoms with Crippen LogP contribution in [0.4, 0.5) is 5.82 Å². The van der Waals surface area contributed by atoms with Crippen molar-refractivity contribution in [1.82, 2.24) is 4.98 Å². The van der Waals surface area contributed by atoms with Gasteiger partial charge in [-0.1, -0.05) is 13.3 Å². The summed E-state index contributed by atoms with van der Waals surface area (Å²) in [4.78, 5) is 28.4. The molecule has 2 atom stereocenters. The maximum absolute atomic E-state index is 11.4. The maximum Gasteiger partial charge on any atom is 0.326 e. The fourth-order valence-corrected chi connectivity index (χ4v) is 2.62. The summed E-state index contributed by atoms with van der Waals surface area (Å²) in [5.74, 6) is -0.346. The summed E-state index contributed by atoms with van der Waals surface area (Å²) >= 11 is 0. The van der Waals surface area contributed by atoms with Crippen LogP contribution in [-0.4, -0.2) is 34.6 Å². The molecule has 2 heterocycles. The van der Waals surface area contributed by atoms with E-state index in [1.807, 2.05) is 0 Å². The number of aromatic nitrogens is 1. The zero-order chi connectivity index (χ0) is 14.7. The van der Waals surface area contributed by atoms with Gasteiger partial charge in [0.25, 0.3) is 0 Å². The fraction of sp³-hybridized carbons (Fsp3) is 0.500. The third kappa shape index (κ3) is 2.89. The maximum atomic E-state index is 11.4. The first-order valence-electron chi connectivity index (χ1n) is 6.78. The number of carboxylic acids is 1. The average molecular weight is 277 g/mol. The number of rotatable bonds is 4. The van der Waals surface area contributed by atoms with Crippen LogP contribution >= 0.6 is 0 Å². The second kappa shape index (κ2) is 5.90. The van der Waals surface area contributed by atoms with Gasteiger partial charge >= 0.3 is 5.97 Å². The molecule has 2 unspecified atom stereocenters. The molecule has 0 radical (unpaired) electrons. The van der Waals surface area contributed by atoms with Crippen molar-refractivity contribution in [2.45, 2.75) is 32.2 Å². The summed E-state index contributed by atoms with van der Waals surface area (Å²) in [5, 5.41) is 9.38. The Kier molecular flexibility index (Phi) is 4.22. The lowest BCUT2D eigenvalue weighted by atomic mass is 9.89. The van der Waals surface area contributed by atoms with Crippen LogP contribution in [0.25, 0.3) is 0 Å². The predicted molar refractivity (Wildman–Crippen MR) is 74.5 cm³/mol. The Bertz CT molecular complexity index is 501. The van der Waals surface area contributed by atoms with E-state index in [9.17, 15) is 14.7 Å². The molecule has 1 fully saturated rings. The molecule has 6 nitrogen and oxygen atoms in total. The molecule has 2 rings (SSSR count). The molecular weight excluding hydrogens is 258 g/mol. The standard InChI is InChI=1S/C14H19N3O3/c1-2-9-5-6-17(11(7-9)14(19)20)12-4-3-10(8-16-12)13(15)18/h3-4,8-9,11H,2,5-7H2,1H3,(H2,15,18)(H,19,20). The summed E-state index contributed by atoms with van der Waals surface area (Å²) in [6, 6.07) is 2.68. The Hall–Kier alpha value is -2.11. The largest absolute Gasteiger partial charge is 0.480 e. The molecule has 1 amide bonds. The van der Waals surface area contributed by atoms with Crippen molar-refractivity contribution < 1.29 is 14.7 Å². The molecule has 0 spiro atoms. The van der Waals surface area contributed by atoms with Gasteiger partial charge in [-0.2, -0.15) is 0 Å².